The number of rotatable bonds is 8. The fourth-order valence-electron chi connectivity index (χ4n) is 2.97. The Hall–Kier alpha value is -1.03. The highest BCUT2D eigenvalue weighted by Gasteiger charge is 2.48. The summed E-state index contributed by atoms with van der Waals surface area (Å²) in [5, 5.41) is 0.00398. The SMILES string of the molecule is C=C[C@@H](O[Si](C)(C)C(C)(C)C)[C@H]1OC(C)(C)O[C@H]1COS(=O)(=O)c1ccc(C)cc1. The van der Waals surface area contributed by atoms with Gasteiger partial charge in [0.15, 0.2) is 14.1 Å². The minimum Gasteiger partial charge on any atom is -0.408 e. The first-order chi connectivity index (χ1) is 13.6. The van der Waals surface area contributed by atoms with Crippen molar-refractivity contribution in [1.82, 2.24) is 0 Å². The molecular formula is C22H36O6SSi. The van der Waals surface area contributed by atoms with Crippen LogP contribution >= 0.6 is 0 Å². The van der Waals surface area contributed by atoms with E-state index in [0.29, 0.717) is 0 Å². The Labute approximate surface area is 182 Å². The van der Waals surface area contributed by atoms with Crippen LogP contribution < -0.4 is 0 Å². The van der Waals surface area contributed by atoms with Gasteiger partial charge < -0.3 is 13.9 Å². The molecule has 1 fully saturated rings. The van der Waals surface area contributed by atoms with E-state index in [2.05, 4.69) is 40.4 Å². The number of benzene rings is 1. The molecule has 0 bridgehead atoms. The predicted molar refractivity (Wildman–Crippen MR) is 120 cm³/mol. The molecule has 1 aromatic carbocycles. The fourth-order valence-corrected chi connectivity index (χ4v) is 5.15. The van der Waals surface area contributed by atoms with Gasteiger partial charge in [-0.1, -0.05) is 44.5 Å². The number of ether oxygens (including phenoxy) is 2. The smallest absolute Gasteiger partial charge is 0.297 e. The molecule has 3 atom stereocenters. The van der Waals surface area contributed by atoms with Crippen molar-refractivity contribution in [2.75, 3.05) is 6.61 Å². The third-order valence-corrected chi connectivity index (χ3v) is 11.5. The summed E-state index contributed by atoms with van der Waals surface area (Å²) in [5.41, 5.74) is 0.972. The summed E-state index contributed by atoms with van der Waals surface area (Å²) in [6.07, 6.45) is 0.119. The van der Waals surface area contributed by atoms with E-state index in [1.165, 1.54) is 12.1 Å². The first kappa shape index (κ1) is 25.2. The van der Waals surface area contributed by atoms with Crippen molar-refractivity contribution < 1.29 is 26.5 Å². The van der Waals surface area contributed by atoms with Crippen LogP contribution in [0.5, 0.6) is 0 Å². The third-order valence-electron chi connectivity index (χ3n) is 5.71. The van der Waals surface area contributed by atoms with E-state index in [9.17, 15) is 8.42 Å². The molecule has 1 saturated heterocycles. The van der Waals surface area contributed by atoms with Crippen molar-refractivity contribution in [3.05, 3.63) is 42.5 Å². The normalized spacial score (nSPS) is 23.3. The van der Waals surface area contributed by atoms with Gasteiger partial charge in [-0.05, 0) is 51.0 Å². The van der Waals surface area contributed by atoms with Crippen LogP contribution in [0.4, 0.5) is 0 Å². The summed E-state index contributed by atoms with van der Waals surface area (Å²) < 4.78 is 49.1. The van der Waals surface area contributed by atoms with Gasteiger partial charge in [-0.2, -0.15) is 8.42 Å². The summed E-state index contributed by atoms with van der Waals surface area (Å²) in [7, 11) is -6.03. The van der Waals surface area contributed by atoms with Gasteiger partial charge in [-0.15, -0.1) is 6.58 Å². The highest BCUT2D eigenvalue weighted by molar-refractivity contribution is 7.86. The molecule has 1 aliphatic heterocycles. The van der Waals surface area contributed by atoms with Gasteiger partial charge in [0.05, 0.1) is 17.6 Å². The molecule has 0 saturated carbocycles. The lowest BCUT2D eigenvalue weighted by atomic mass is 10.1. The molecule has 30 heavy (non-hydrogen) atoms. The lowest BCUT2D eigenvalue weighted by Crippen LogP contribution is -2.49. The lowest BCUT2D eigenvalue weighted by Gasteiger charge is -2.40. The van der Waals surface area contributed by atoms with Gasteiger partial charge in [0.1, 0.15) is 12.2 Å². The first-order valence-electron chi connectivity index (χ1n) is 10.2. The summed E-state index contributed by atoms with van der Waals surface area (Å²) in [6, 6.07) is 6.53. The van der Waals surface area contributed by atoms with Crippen molar-refractivity contribution in [2.45, 2.75) is 88.7 Å². The Kier molecular flexibility index (Phi) is 7.43. The van der Waals surface area contributed by atoms with Crippen LogP contribution in [0.25, 0.3) is 0 Å². The number of aryl methyl sites for hydroxylation is 1. The highest BCUT2D eigenvalue weighted by Crippen LogP contribution is 2.40. The van der Waals surface area contributed by atoms with Crippen LogP contribution in [-0.4, -0.2) is 47.4 Å². The molecule has 1 aliphatic rings. The largest absolute Gasteiger partial charge is 0.408 e. The van der Waals surface area contributed by atoms with Crippen LogP contribution in [0.2, 0.25) is 18.1 Å². The van der Waals surface area contributed by atoms with Gasteiger partial charge in [0.25, 0.3) is 10.1 Å². The van der Waals surface area contributed by atoms with E-state index in [1.807, 2.05) is 6.92 Å². The highest BCUT2D eigenvalue weighted by atomic mass is 32.2. The zero-order valence-corrected chi connectivity index (χ0v) is 21.2. The van der Waals surface area contributed by atoms with Gasteiger partial charge in [0, 0.05) is 0 Å². The monoisotopic (exact) mass is 456 g/mol. The molecule has 0 unspecified atom stereocenters. The van der Waals surface area contributed by atoms with Gasteiger partial charge in [-0.3, -0.25) is 4.18 Å². The summed E-state index contributed by atoms with van der Waals surface area (Å²) in [4.78, 5) is 0.112. The van der Waals surface area contributed by atoms with E-state index < -0.39 is 42.5 Å². The number of hydrogen-bond acceptors (Lipinski definition) is 6. The Morgan fingerprint density at radius 1 is 1.20 bits per heavy atom. The quantitative estimate of drug-likeness (QED) is 0.318. The van der Waals surface area contributed by atoms with Crippen molar-refractivity contribution in [3.8, 4) is 0 Å². The molecule has 8 heteroatoms. The molecule has 170 valence electrons. The second-order valence-electron chi connectivity index (χ2n) is 9.77. The van der Waals surface area contributed by atoms with Gasteiger partial charge in [0.2, 0.25) is 0 Å². The molecule has 0 aromatic heterocycles. The van der Waals surface area contributed by atoms with Crippen LogP contribution in [0, 0.1) is 6.92 Å². The minimum absolute atomic E-state index is 0.00398. The van der Waals surface area contributed by atoms with Crippen molar-refractivity contribution in [1.29, 1.82) is 0 Å². The Morgan fingerprint density at radius 3 is 2.27 bits per heavy atom. The third kappa shape index (κ3) is 6.02. The van der Waals surface area contributed by atoms with Crippen LogP contribution in [0.1, 0.15) is 40.2 Å². The molecule has 6 nitrogen and oxygen atoms in total. The molecular weight excluding hydrogens is 420 g/mol. The summed E-state index contributed by atoms with van der Waals surface area (Å²) in [6.45, 7) is 20.0. The van der Waals surface area contributed by atoms with Crippen LogP contribution in [-0.2, 0) is 28.2 Å². The van der Waals surface area contributed by atoms with E-state index in [1.54, 1.807) is 32.1 Å². The molecule has 0 N–H and O–H groups in total. The minimum atomic E-state index is -3.91. The topological polar surface area (TPSA) is 71.1 Å². The maximum atomic E-state index is 12.6. The molecule has 0 aliphatic carbocycles. The first-order valence-corrected chi connectivity index (χ1v) is 14.5. The van der Waals surface area contributed by atoms with Gasteiger partial charge >= 0.3 is 0 Å². The van der Waals surface area contributed by atoms with Crippen molar-refractivity contribution in [2.24, 2.45) is 0 Å². The second kappa shape index (κ2) is 8.84. The molecule has 2 rings (SSSR count). The molecule has 0 radical (unpaired) electrons. The maximum absolute atomic E-state index is 12.6. The summed E-state index contributed by atoms with van der Waals surface area (Å²) in [5.74, 6) is -0.885. The fraction of sp³-hybridized carbons (Fsp3) is 0.636. The Morgan fingerprint density at radius 2 is 1.77 bits per heavy atom. The molecule has 0 spiro atoms. The van der Waals surface area contributed by atoms with E-state index >= 15 is 0 Å². The maximum Gasteiger partial charge on any atom is 0.297 e. The Bertz CT molecular complexity index is 839. The standard InChI is InChI=1S/C22H36O6SSi/c1-10-18(28-30(8,9)21(3,4)5)20-19(26-22(6,7)27-20)15-25-29(23,24)17-13-11-16(2)12-14-17/h10-14,18-20H,1,15H2,2-9H3/t18-,19+,20-/m1/s1. The summed E-state index contributed by atoms with van der Waals surface area (Å²) >= 11 is 0. The van der Waals surface area contributed by atoms with Crippen molar-refractivity contribution >= 4 is 18.4 Å². The van der Waals surface area contributed by atoms with Crippen LogP contribution in [0.15, 0.2) is 41.8 Å². The zero-order chi connectivity index (χ0) is 23.0. The van der Waals surface area contributed by atoms with E-state index in [4.69, 9.17) is 18.1 Å². The predicted octanol–water partition coefficient (Wildman–Crippen LogP) is 4.80. The van der Waals surface area contributed by atoms with Crippen LogP contribution in [0.3, 0.4) is 0 Å². The van der Waals surface area contributed by atoms with E-state index in [0.717, 1.165) is 5.56 Å². The van der Waals surface area contributed by atoms with E-state index in [-0.39, 0.29) is 16.5 Å². The molecule has 1 heterocycles. The zero-order valence-electron chi connectivity index (χ0n) is 19.4. The average molecular weight is 457 g/mol. The Balaban J connectivity index is 2.18. The van der Waals surface area contributed by atoms with Gasteiger partial charge in [-0.25, -0.2) is 0 Å². The molecule has 0 amide bonds. The lowest BCUT2D eigenvalue weighted by molar-refractivity contribution is -0.153. The average Bonchev–Trinajstić information content (AvgIpc) is 2.92. The molecule has 1 aromatic rings. The van der Waals surface area contributed by atoms with Crippen molar-refractivity contribution in [3.63, 3.8) is 0 Å². The number of hydrogen-bond donors (Lipinski definition) is 0. The second-order valence-corrected chi connectivity index (χ2v) is 16.1.